The van der Waals surface area contributed by atoms with Crippen LogP contribution < -0.4 is 15.2 Å². The molecule has 0 aromatic heterocycles. The fourth-order valence-electron chi connectivity index (χ4n) is 4.29. The number of fused-ring (bicyclic) bond motifs is 1. The monoisotopic (exact) mass is 360 g/mol. The lowest BCUT2D eigenvalue weighted by Crippen LogP contribution is -2.42. The quantitative estimate of drug-likeness (QED) is 0.884. The molecule has 6 heteroatoms. The van der Waals surface area contributed by atoms with Gasteiger partial charge in [-0.2, -0.15) is 15.8 Å². The average Bonchev–Trinajstić information content (AvgIpc) is 2.72. The van der Waals surface area contributed by atoms with Gasteiger partial charge in [0, 0.05) is 17.5 Å². The Kier molecular flexibility index (Phi) is 4.80. The molecule has 3 rings (SSSR count). The van der Waals surface area contributed by atoms with E-state index >= 15 is 0 Å². The molecule has 2 aliphatic carbocycles. The lowest BCUT2D eigenvalue weighted by atomic mass is 9.56. The molecule has 0 spiro atoms. The van der Waals surface area contributed by atoms with Crippen LogP contribution in [0.15, 0.2) is 41.1 Å². The number of ether oxygens (including phenoxy) is 2. The molecule has 0 bridgehead atoms. The number of nitrogens with two attached hydrogens (primary N) is 1. The minimum absolute atomic E-state index is 0.0299. The highest BCUT2D eigenvalue weighted by Crippen LogP contribution is 2.57. The number of hydrogen-bond acceptors (Lipinski definition) is 6. The van der Waals surface area contributed by atoms with Gasteiger partial charge in [0.25, 0.3) is 0 Å². The van der Waals surface area contributed by atoms with Gasteiger partial charge in [-0.1, -0.05) is 12.1 Å². The molecule has 0 aliphatic heterocycles. The highest BCUT2D eigenvalue weighted by molar-refractivity contribution is 5.60. The molecule has 0 amide bonds. The van der Waals surface area contributed by atoms with Gasteiger partial charge in [-0.3, -0.25) is 0 Å². The Morgan fingerprint density at radius 3 is 2.48 bits per heavy atom. The summed E-state index contributed by atoms with van der Waals surface area (Å²) in [6, 6.07) is 11.7. The maximum absolute atomic E-state index is 10.0. The first kappa shape index (κ1) is 18.4. The largest absolute Gasteiger partial charge is 0.497 e. The van der Waals surface area contributed by atoms with Gasteiger partial charge in [0.15, 0.2) is 5.41 Å². The molecule has 0 saturated heterocycles. The molecule has 0 radical (unpaired) electrons. The first-order valence-electron chi connectivity index (χ1n) is 8.73. The second-order valence-electron chi connectivity index (χ2n) is 6.71. The normalized spacial score (nSPS) is 23.1. The van der Waals surface area contributed by atoms with E-state index in [1.54, 1.807) is 26.4 Å². The fourth-order valence-corrected chi connectivity index (χ4v) is 4.29. The number of nitrogens with zero attached hydrogens (tertiary/aromatic N) is 3. The van der Waals surface area contributed by atoms with E-state index in [-0.39, 0.29) is 17.2 Å². The average molecular weight is 360 g/mol. The van der Waals surface area contributed by atoms with E-state index < -0.39 is 11.3 Å². The fraction of sp³-hybridized carbons (Fsp3) is 0.381. The zero-order valence-corrected chi connectivity index (χ0v) is 15.3. The van der Waals surface area contributed by atoms with Crippen molar-refractivity contribution in [3.05, 3.63) is 46.7 Å². The molecule has 2 unspecified atom stereocenters. The Morgan fingerprint density at radius 2 is 1.89 bits per heavy atom. The molecule has 2 N–H and O–H groups in total. The number of nitriles is 3. The Bertz CT molecular complexity index is 942. The molecule has 2 aliphatic rings. The van der Waals surface area contributed by atoms with Gasteiger partial charge in [-0.15, -0.1) is 0 Å². The van der Waals surface area contributed by atoms with E-state index in [0.717, 1.165) is 30.4 Å². The van der Waals surface area contributed by atoms with Crippen molar-refractivity contribution in [1.29, 1.82) is 15.8 Å². The van der Waals surface area contributed by atoms with Gasteiger partial charge >= 0.3 is 0 Å². The number of hydrogen-bond donors (Lipinski definition) is 1. The summed E-state index contributed by atoms with van der Waals surface area (Å²) < 4.78 is 10.8. The molecule has 0 saturated carbocycles. The third-order valence-corrected chi connectivity index (χ3v) is 5.57. The van der Waals surface area contributed by atoms with Crippen molar-refractivity contribution >= 4 is 0 Å². The van der Waals surface area contributed by atoms with E-state index in [9.17, 15) is 15.8 Å². The first-order chi connectivity index (χ1) is 13.1. The summed E-state index contributed by atoms with van der Waals surface area (Å²) in [7, 11) is 3.10. The molecule has 6 nitrogen and oxygen atoms in total. The lowest BCUT2D eigenvalue weighted by Gasteiger charge is -2.43. The standard InChI is InChI=1S/C21H20N4O2/c1-26-13-7-8-16(18(9-13)27-2)19-15-6-4-3-5-14(15)17(10-22)20(25)21(19,11-23)12-24/h5,7-9,15,19H,3-4,6,25H2,1-2H3. The van der Waals surface area contributed by atoms with Crippen molar-refractivity contribution < 1.29 is 9.47 Å². The molecule has 0 fully saturated rings. The first-order valence-corrected chi connectivity index (χ1v) is 8.73. The summed E-state index contributed by atoms with van der Waals surface area (Å²) in [5.74, 6) is 0.471. The maximum atomic E-state index is 10.0. The zero-order valence-electron chi connectivity index (χ0n) is 15.3. The van der Waals surface area contributed by atoms with Crippen LogP contribution >= 0.6 is 0 Å². The molecular formula is C21H20N4O2. The molecule has 1 aromatic rings. The summed E-state index contributed by atoms with van der Waals surface area (Å²) >= 11 is 0. The molecule has 0 heterocycles. The Labute approximate surface area is 158 Å². The smallest absolute Gasteiger partial charge is 0.191 e. The topological polar surface area (TPSA) is 116 Å². The molecule has 2 atom stereocenters. The second-order valence-corrected chi connectivity index (χ2v) is 6.71. The van der Waals surface area contributed by atoms with Gasteiger partial charge in [-0.25, -0.2) is 0 Å². The van der Waals surface area contributed by atoms with Crippen molar-refractivity contribution in [1.82, 2.24) is 0 Å². The minimum atomic E-state index is -1.63. The van der Waals surface area contributed by atoms with E-state index in [0.29, 0.717) is 11.5 Å². The highest BCUT2D eigenvalue weighted by Gasteiger charge is 2.54. The van der Waals surface area contributed by atoms with E-state index in [1.165, 1.54) is 0 Å². The highest BCUT2D eigenvalue weighted by atomic mass is 16.5. The Hall–Kier alpha value is -3.43. The van der Waals surface area contributed by atoms with Crippen LogP contribution in [0.1, 0.15) is 30.7 Å². The third-order valence-electron chi connectivity index (χ3n) is 5.57. The van der Waals surface area contributed by atoms with Gasteiger partial charge in [0.05, 0.1) is 37.6 Å². The predicted octanol–water partition coefficient (Wildman–Crippen LogP) is 3.30. The number of methoxy groups -OCH3 is 2. The van der Waals surface area contributed by atoms with Crippen molar-refractivity contribution in [2.24, 2.45) is 17.1 Å². The second kappa shape index (κ2) is 7.06. The van der Waals surface area contributed by atoms with E-state index in [1.807, 2.05) is 12.1 Å². The summed E-state index contributed by atoms with van der Waals surface area (Å²) in [4.78, 5) is 0. The molecule has 1 aromatic carbocycles. The van der Waals surface area contributed by atoms with Crippen molar-refractivity contribution in [3.63, 3.8) is 0 Å². The van der Waals surface area contributed by atoms with Crippen molar-refractivity contribution in [2.75, 3.05) is 14.2 Å². The van der Waals surface area contributed by atoms with Crippen LogP contribution in [0.4, 0.5) is 0 Å². The SMILES string of the molecule is COc1ccc(C2C3CCCC=C3C(C#N)=C(N)C2(C#N)C#N)c(OC)c1. The number of allylic oxidation sites excluding steroid dienone is 4. The van der Waals surface area contributed by atoms with Crippen LogP contribution in [0.25, 0.3) is 0 Å². The van der Waals surface area contributed by atoms with Crippen LogP contribution in [0.5, 0.6) is 11.5 Å². The summed E-state index contributed by atoms with van der Waals surface area (Å²) in [5.41, 5.74) is 6.50. The number of rotatable bonds is 3. The minimum Gasteiger partial charge on any atom is -0.497 e. The molecule has 136 valence electrons. The van der Waals surface area contributed by atoms with Crippen LogP contribution in [0, 0.1) is 45.3 Å². The summed E-state index contributed by atoms with van der Waals surface area (Å²) in [5, 5.41) is 29.7. The summed E-state index contributed by atoms with van der Waals surface area (Å²) in [6.07, 6.45) is 4.56. The summed E-state index contributed by atoms with van der Waals surface area (Å²) in [6.45, 7) is 0. The zero-order chi connectivity index (χ0) is 19.6. The Balaban J connectivity index is 2.34. The predicted molar refractivity (Wildman–Crippen MR) is 98.2 cm³/mol. The van der Waals surface area contributed by atoms with E-state index in [4.69, 9.17) is 15.2 Å². The van der Waals surface area contributed by atoms with Gasteiger partial charge in [-0.05, 0) is 36.8 Å². The lowest BCUT2D eigenvalue weighted by molar-refractivity contribution is 0.304. The van der Waals surface area contributed by atoms with E-state index in [2.05, 4.69) is 18.2 Å². The van der Waals surface area contributed by atoms with Gasteiger partial charge in [0.1, 0.15) is 17.6 Å². The van der Waals surface area contributed by atoms with Crippen molar-refractivity contribution in [3.8, 4) is 29.7 Å². The van der Waals surface area contributed by atoms with Crippen LogP contribution in [0.2, 0.25) is 0 Å². The van der Waals surface area contributed by atoms with Crippen LogP contribution in [-0.4, -0.2) is 14.2 Å². The third kappa shape index (κ3) is 2.60. The van der Waals surface area contributed by atoms with Crippen LogP contribution in [-0.2, 0) is 0 Å². The number of benzene rings is 1. The molecule has 27 heavy (non-hydrogen) atoms. The van der Waals surface area contributed by atoms with Crippen LogP contribution in [0.3, 0.4) is 0 Å². The van der Waals surface area contributed by atoms with Crippen molar-refractivity contribution in [2.45, 2.75) is 25.2 Å². The Morgan fingerprint density at radius 1 is 1.15 bits per heavy atom. The molecular weight excluding hydrogens is 340 g/mol. The van der Waals surface area contributed by atoms with Gasteiger partial charge < -0.3 is 15.2 Å². The van der Waals surface area contributed by atoms with Gasteiger partial charge in [0.2, 0.25) is 0 Å². The maximum Gasteiger partial charge on any atom is 0.191 e.